The van der Waals surface area contributed by atoms with Crippen LogP contribution in [0.1, 0.15) is 33.9 Å². The van der Waals surface area contributed by atoms with Crippen molar-refractivity contribution in [2.24, 2.45) is 5.10 Å². The van der Waals surface area contributed by atoms with Crippen molar-refractivity contribution < 1.29 is 4.79 Å². The molecule has 1 unspecified atom stereocenters. The van der Waals surface area contributed by atoms with Gasteiger partial charge in [0.25, 0.3) is 0 Å². The lowest BCUT2D eigenvalue weighted by Gasteiger charge is -2.24. The molecule has 0 aliphatic carbocycles. The van der Waals surface area contributed by atoms with Gasteiger partial charge >= 0.3 is 0 Å². The monoisotopic (exact) mass is 450 g/mol. The number of hydrazone groups is 1. The van der Waals surface area contributed by atoms with E-state index in [0.29, 0.717) is 5.56 Å². The summed E-state index contributed by atoms with van der Waals surface area (Å²) >= 11 is 0. The van der Waals surface area contributed by atoms with Gasteiger partial charge in [0.15, 0.2) is 0 Å². The largest absolute Gasteiger partial charge is 0.298 e. The highest BCUT2D eigenvalue weighted by Crippen LogP contribution is 2.40. The number of carbonyl (C=O) groups excluding carboxylic acids is 1. The summed E-state index contributed by atoms with van der Waals surface area (Å²) in [6, 6.07) is 38.2. The number of nitrogens with zero attached hydrogens (tertiary/aromatic N) is 2. The fourth-order valence-electron chi connectivity index (χ4n) is 5.54. The summed E-state index contributed by atoms with van der Waals surface area (Å²) in [6.07, 6.45) is 1.69. The summed E-state index contributed by atoms with van der Waals surface area (Å²) in [4.78, 5) is 11.2. The first-order chi connectivity index (χ1) is 17.3. The van der Waals surface area contributed by atoms with Gasteiger partial charge in [0, 0.05) is 17.5 Å². The number of anilines is 1. The fraction of sp³-hybridized carbons (Fsp3) is 0.0625. The smallest absolute Gasteiger partial charge is 0.150 e. The Bertz CT molecular complexity index is 1720. The minimum atomic E-state index is 0.0897. The number of benzene rings is 6. The fourth-order valence-corrected chi connectivity index (χ4v) is 5.54. The first kappa shape index (κ1) is 19.9. The van der Waals surface area contributed by atoms with Crippen LogP contribution >= 0.6 is 0 Å². The molecule has 6 aromatic carbocycles. The molecule has 0 radical (unpaired) electrons. The van der Waals surface area contributed by atoms with Crippen LogP contribution in [0.4, 0.5) is 5.69 Å². The molecule has 0 N–H and O–H groups in total. The van der Waals surface area contributed by atoms with Crippen LogP contribution in [0.15, 0.2) is 114 Å². The maximum Gasteiger partial charge on any atom is 0.150 e. The van der Waals surface area contributed by atoms with Crippen LogP contribution in [0.5, 0.6) is 0 Å². The van der Waals surface area contributed by atoms with Gasteiger partial charge in [-0.1, -0.05) is 84.9 Å². The van der Waals surface area contributed by atoms with Crippen molar-refractivity contribution >= 4 is 50.0 Å². The van der Waals surface area contributed by atoms with Crippen molar-refractivity contribution in [1.29, 1.82) is 0 Å². The van der Waals surface area contributed by atoms with E-state index in [4.69, 9.17) is 5.10 Å². The second-order valence-electron chi connectivity index (χ2n) is 9.20. The summed E-state index contributed by atoms with van der Waals surface area (Å²) in [6.45, 7) is 0. The topological polar surface area (TPSA) is 32.7 Å². The van der Waals surface area contributed by atoms with Gasteiger partial charge in [-0.25, -0.2) is 0 Å². The van der Waals surface area contributed by atoms with Crippen molar-refractivity contribution in [3.63, 3.8) is 0 Å². The lowest BCUT2D eigenvalue weighted by Crippen LogP contribution is -2.18. The summed E-state index contributed by atoms with van der Waals surface area (Å²) in [5.41, 5.74) is 5.14. The molecule has 0 bridgehead atoms. The quantitative estimate of drug-likeness (QED) is 0.203. The van der Waals surface area contributed by atoms with Crippen molar-refractivity contribution in [2.45, 2.75) is 12.5 Å². The van der Waals surface area contributed by atoms with Crippen molar-refractivity contribution in [2.75, 3.05) is 5.01 Å². The van der Waals surface area contributed by atoms with Crippen LogP contribution in [0.2, 0.25) is 0 Å². The molecule has 1 aliphatic rings. The highest BCUT2D eigenvalue weighted by molar-refractivity contribution is 6.27. The number of hydrogen-bond donors (Lipinski definition) is 0. The summed E-state index contributed by atoms with van der Waals surface area (Å²) in [5, 5.41) is 15.0. The van der Waals surface area contributed by atoms with Gasteiger partial charge in [-0.3, -0.25) is 9.80 Å². The van der Waals surface area contributed by atoms with Gasteiger partial charge in [0.2, 0.25) is 0 Å². The van der Waals surface area contributed by atoms with E-state index in [9.17, 15) is 4.79 Å². The van der Waals surface area contributed by atoms with Gasteiger partial charge in [-0.2, -0.15) is 5.10 Å². The zero-order valence-corrected chi connectivity index (χ0v) is 19.1. The molecule has 35 heavy (non-hydrogen) atoms. The molecule has 0 saturated heterocycles. The molecule has 1 aliphatic heterocycles. The van der Waals surface area contributed by atoms with Gasteiger partial charge in [-0.15, -0.1) is 0 Å². The number of carbonyl (C=O) groups is 1. The molecule has 0 amide bonds. The highest BCUT2D eigenvalue weighted by atomic mass is 16.1. The molecule has 0 spiro atoms. The van der Waals surface area contributed by atoms with Crippen LogP contribution in [-0.4, -0.2) is 12.0 Å². The first-order valence-electron chi connectivity index (χ1n) is 11.9. The van der Waals surface area contributed by atoms with Crippen molar-refractivity contribution in [1.82, 2.24) is 0 Å². The van der Waals surface area contributed by atoms with E-state index in [1.807, 2.05) is 30.3 Å². The molecular formula is C32H22N2O. The maximum atomic E-state index is 11.2. The van der Waals surface area contributed by atoms with E-state index in [1.54, 1.807) is 0 Å². The predicted octanol–water partition coefficient (Wildman–Crippen LogP) is 7.75. The third-order valence-corrected chi connectivity index (χ3v) is 7.23. The SMILES string of the molecule is O=Cc1ccc(N2N=C(c3ccc4ccc5cccc6ccc3c4c56)CC2c2ccccc2)cc1. The molecule has 6 aromatic rings. The Balaban J connectivity index is 1.42. The average Bonchev–Trinajstić information content (AvgIpc) is 3.37. The molecule has 0 aromatic heterocycles. The lowest BCUT2D eigenvalue weighted by molar-refractivity contribution is 0.112. The van der Waals surface area contributed by atoms with E-state index < -0.39 is 0 Å². The highest BCUT2D eigenvalue weighted by Gasteiger charge is 2.30. The molecule has 1 heterocycles. The van der Waals surface area contributed by atoms with Gasteiger partial charge in [0.1, 0.15) is 6.29 Å². The Hall–Kier alpha value is -4.50. The lowest BCUT2D eigenvalue weighted by atomic mass is 9.89. The Morgan fingerprint density at radius 1 is 0.686 bits per heavy atom. The molecule has 0 fully saturated rings. The third-order valence-electron chi connectivity index (χ3n) is 7.23. The Morgan fingerprint density at radius 2 is 1.37 bits per heavy atom. The number of hydrogen-bond acceptors (Lipinski definition) is 3. The molecule has 3 nitrogen and oxygen atoms in total. The second kappa shape index (κ2) is 7.78. The van der Waals surface area contributed by atoms with Crippen LogP contribution in [-0.2, 0) is 0 Å². The zero-order valence-electron chi connectivity index (χ0n) is 19.1. The zero-order chi connectivity index (χ0) is 23.4. The van der Waals surface area contributed by atoms with Crippen molar-refractivity contribution in [3.05, 3.63) is 126 Å². The molecule has 7 rings (SSSR count). The second-order valence-corrected chi connectivity index (χ2v) is 9.20. The van der Waals surface area contributed by atoms with Crippen LogP contribution in [0.25, 0.3) is 32.3 Å². The average molecular weight is 451 g/mol. The number of rotatable bonds is 4. The maximum absolute atomic E-state index is 11.2. The van der Waals surface area contributed by atoms with Crippen LogP contribution in [0.3, 0.4) is 0 Å². The minimum Gasteiger partial charge on any atom is -0.298 e. The van der Waals surface area contributed by atoms with Crippen LogP contribution in [0, 0.1) is 0 Å². The summed E-state index contributed by atoms with van der Waals surface area (Å²) < 4.78 is 0. The Kier molecular flexibility index (Phi) is 4.43. The van der Waals surface area contributed by atoms with E-state index in [0.717, 1.165) is 24.1 Å². The summed E-state index contributed by atoms with van der Waals surface area (Å²) in [7, 11) is 0. The Morgan fingerprint density at radius 3 is 2.11 bits per heavy atom. The standard InChI is InChI=1S/C32H22N2O/c35-20-21-9-15-26(16-10-21)34-30(22-5-2-1-3-6-22)19-29(33-34)27-17-13-25-12-11-23-7-4-8-24-14-18-28(27)32(25)31(23)24/h1-18,20,30H,19H2. The van der Waals surface area contributed by atoms with Gasteiger partial charge < -0.3 is 0 Å². The van der Waals surface area contributed by atoms with E-state index in [-0.39, 0.29) is 6.04 Å². The molecule has 166 valence electrons. The van der Waals surface area contributed by atoms with Gasteiger partial charge in [-0.05, 0) is 62.1 Å². The van der Waals surface area contributed by atoms with Crippen LogP contribution < -0.4 is 5.01 Å². The Labute approximate surface area is 203 Å². The molecule has 3 heteroatoms. The first-order valence-corrected chi connectivity index (χ1v) is 11.9. The van der Waals surface area contributed by atoms with E-state index >= 15 is 0 Å². The summed E-state index contributed by atoms with van der Waals surface area (Å²) in [5.74, 6) is 0. The molecule has 0 saturated carbocycles. The van der Waals surface area contributed by atoms with Crippen molar-refractivity contribution in [3.8, 4) is 0 Å². The number of aldehydes is 1. The third kappa shape index (κ3) is 3.12. The van der Waals surface area contributed by atoms with E-state index in [2.05, 4.69) is 83.9 Å². The van der Waals surface area contributed by atoms with E-state index in [1.165, 1.54) is 43.4 Å². The molecular weight excluding hydrogens is 428 g/mol. The van der Waals surface area contributed by atoms with Gasteiger partial charge in [0.05, 0.1) is 17.4 Å². The normalized spacial score (nSPS) is 15.8. The minimum absolute atomic E-state index is 0.0897. The molecule has 1 atom stereocenters. The predicted molar refractivity (Wildman–Crippen MR) is 145 cm³/mol.